The summed E-state index contributed by atoms with van der Waals surface area (Å²) >= 11 is 1.49. The molecule has 3 aromatic rings. The predicted octanol–water partition coefficient (Wildman–Crippen LogP) is 6.53. The van der Waals surface area contributed by atoms with Crippen LogP contribution in [0.1, 0.15) is 67.0 Å². The Morgan fingerprint density at radius 2 is 1.97 bits per heavy atom. The van der Waals surface area contributed by atoms with E-state index in [1.54, 1.807) is 7.11 Å². The lowest BCUT2D eigenvalue weighted by molar-refractivity contribution is -0.125. The van der Waals surface area contributed by atoms with Crippen LogP contribution in [0.15, 0.2) is 47.8 Å². The van der Waals surface area contributed by atoms with E-state index < -0.39 is 5.41 Å². The lowest BCUT2D eigenvalue weighted by atomic mass is 9.71. The number of amides is 1. The van der Waals surface area contributed by atoms with E-state index in [4.69, 9.17) is 4.74 Å². The molecule has 1 aliphatic carbocycles. The summed E-state index contributed by atoms with van der Waals surface area (Å²) in [6, 6.07) is 14.7. The predicted molar refractivity (Wildman–Crippen MR) is 132 cm³/mol. The Morgan fingerprint density at radius 3 is 2.72 bits per heavy atom. The van der Waals surface area contributed by atoms with E-state index in [0.29, 0.717) is 5.13 Å². The number of rotatable bonds is 6. The quantitative estimate of drug-likeness (QED) is 0.436. The molecular weight excluding hydrogens is 416 g/mol. The van der Waals surface area contributed by atoms with Crippen molar-refractivity contribution in [3.8, 4) is 5.75 Å². The monoisotopic (exact) mass is 448 g/mol. The number of methoxy groups -OCH3 is 1. The fraction of sp³-hybridized carbons (Fsp3) is 0.407. The summed E-state index contributed by atoms with van der Waals surface area (Å²) in [5, 5.41) is 5.81. The Morgan fingerprint density at radius 1 is 1.19 bits per heavy atom. The van der Waals surface area contributed by atoms with Crippen LogP contribution in [0.3, 0.4) is 0 Å². The molecule has 0 saturated heterocycles. The Bertz CT molecular complexity index is 1090. The molecule has 0 aliphatic heterocycles. The molecule has 32 heavy (non-hydrogen) atoms. The molecule has 1 heterocycles. The maximum absolute atomic E-state index is 13.4. The average molecular weight is 449 g/mol. The molecule has 0 fully saturated rings. The zero-order valence-corrected chi connectivity index (χ0v) is 20.2. The van der Waals surface area contributed by atoms with Crippen molar-refractivity contribution >= 4 is 22.4 Å². The van der Waals surface area contributed by atoms with E-state index >= 15 is 0 Å². The van der Waals surface area contributed by atoms with Gasteiger partial charge in [0.25, 0.3) is 0 Å². The van der Waals surface area contributed by atoms with Crippen LogP contribution in [-0.2, 0) is 17.6 Å². The van der Waals surface area contributed by atoms with Gasteiger partial charge in [-0.25, -0.2) is 4.98 Å². The number of hydrogen-bond donors (Lipinski definition) is 1. The number of ether oxygens (including phenoxy) is 1. The lowest BCUT2D eigenvalue weighted by Gasteiger charge is -2.33. The molecule has 4 rings (SSSR count). The molecule has 0 unspecified atom stereocenters. The van der Waals surface area contributed by atoms with Gasteiger partial charge in [0, 0.05) is 11.8 Å². The molecule has 0 spiro atoms. The van der Waals surface area contributed by atoms with Crippen molar-refractivity contribution in [3.05, 3.63) is 75.8 Å². The smallest absolute Gasteiger partial charge is 0.232 e. The molecule has 4 nitrogen and oxygen atoms in total. The Hall–Kier alpha value is -2.66. The maximum atomic E-state index is 13.4. The van der Waals surface area contributed by atoms with Crippen LogP contribution in [0.5, 0.6) is 5.75 Å². The van der Waals surface area contributed by atoms with E-state index in [2.05, 4.69) is 49.3 Å². The first-order valence-corrected chi connectivity index (χ1v) is 12.2. The van der Waals surface area contributed by atoms with Gasteiger partial charge in [-0.2, -0.15) is 0 Å². The molecule has 0 bridgehead atoms. The average Bonchev–Trinajstić information content (AvgIpc) is 3.09. The van der Waals surface area contributed by atoms with Gasteiger partial charge in [-0.05, 0) is 60.9 Å². The summed E-state index contributed by atoms with van der Waals surface area (Å²) in [6.07, 6.45) is 5.21. The molecule has 0 radical (unpaired) electrons. The third-order valence-corrected chi connectivity index (χ3v) is 7.44. The zero-order valence-electron chi connectivity index (χ0n) is 19.4. The molecule has 168 valence electrons. The van der Waals surface area contributed by atoms with E-state index in [0.717, 1.165) is 37.1 Å². The maximum Gasteiger partial charge on any atom is 0.232 e. The van der Waals surface area contributed by atoms with Crippen LogP contribution < -0.4 is 10.1 Å². The van der Waals surface area contributed by atoms with Crippen LogP contribution in [0.2, 0.25) is 0 Å². The van der Waals surface area contributed by atoms with Crippen molar-refractivity contribution in [3.63, 3.8) is 0 Å². The van der Waals surface area contributed by atoms with Gasteiger partial charge in [0.15, 0.2) is 5.13 Å². The van der Waals surface area contributed by atoms with Crippen LogP contribution in [-0.4, -0.2) is 18.0 Å². The molecule has 0 saturated carbocycles. The Kier molecular flexibility index (Phi) is 6.66. The summed E-state index contributed by atoms with van der Waals surface area (Å²) < 4.78 is 5.22. The SMILES string of the molecule is COc1ccc(Cc2csc(NC(=O)C(C)(C)[C@H]3CCCCc4cc(C)ccc43)n2)cc1. The third kappa shape index (κ3) is 4.88. The van der Waals surface area contributed by atoms with E-state index in [1.165, 1.54) is 40.0 Å². The molecule has 1 amide bonds. The molecule has 1 atom stereocenters. The topological polar surface area (TPSA) is 51.2 Å². The minimum atomic E-state index is -0.518. The van der Waals surface area contributed by atoms with Crippen molar-refractivity contribution < 1.29 is 9.53 Å². The molecule has 1 aromatic heterocycles. The number of anilines is 1. The van der Waals surface area contributed by atoms with Gasteiger partial charge in [-0.15, -0.1) is 11.3 Å². The van der Waals surface area contributed by atoms with Crippen molar-refractivity contribution in [1.29, 1.82) is 0 Å². The van der Waals surface area contributed by atoms with E-state index in [9.17, 15) is 4.79 Å². The fourth-order valence-electron chi connectivity index (χ4n) is 4.67. The number of fused-ring (bicyclic) bond motifs is 1. The largest absolute Gasteiger partial charge is 0.497 e. The molecular formula is C27H32N2O2S. The van der Waals surface area contributed by atoms with Crippen LogP contribution >= 0.6 is 11.3 Å². The van der Waals surface area contributed by atoms with Crippen LogP contribution in [0, 0.1) is 12.3 Å². The molecule has 5 heteroatoms. The van der Waals surface area contributed by atoms with Crippen molar-refractivity contribution in [1.82, 2.24) is 4.98 Å². The highest BCUT2D eigenvalue weighted by molar-refractivity contribution is 7.13. The number of carbonyl (C=O) groups is 1. The summed E-state index contributed by atoms with van der Waals surface area (Å²) in [5.74, 6) is 1.10. The number of nitrogens with zero attached hydrogens (tertiary/aromatic N) is 1. The second-order valence-corrected chi connectivity index (χ2v) is 10.2. The van der Waals surface area contributed by atoms with Gasteiger partial charge >= 0.3 is 0 Å². The van der Waals surface area contributed by atoms with Crippen LogP contribution in [0.4, 0.5) is 5.13 Å². The first kappa shape index (κ1) is 22.5. The first-order valence-electron chi connectivity index (χ1n) is 11.3. The summed E-state index contributed by atoms with van der Waals surface area (Å²) in [5.41, 5.74) is 5.65. The summed E-state index contributed by atoms with van der Waals surface area (Å²) in [4.78, 5) is 18.1. The minimum Gasteiger partial charge on any atom is -0.497 e. The van der Waals surface area contributed by atoms with E-state index in [1.807, 2.05) is 29.6 Å². The number of carbonyl (C=O) groups excluding carboxylic acids is 1. The second kappa shape index (κ2) is 9.45. The Balaban J connectivity index is 1.47. The highest BCUT2D eigenvalue weighted by Gasteiger charge is 2.39. The standard InChI is InChI=1S/C27H32N2O2S/c1-18-9-14-23-20(15-18)7-5-6-8-24(23)27(2,3)25(30)29-26-28-21(17-32-26)16-19-10-12-22(31-4)13-11-19/h9-15,17,24H,5-8,16H2,1-4H3,(H,28,29,30)/t24-/m0/s1. The number of hydrogen-bond acceptors (Lipinski definition) is 4. The molecule has 1 N–H and O–H groups in total. The third-order valence-electron chi connectivity index (χ3n) is 6.64. The van der Waals surface area contributed by atoms with E-state index in [-0.39, 0.29) is 11.8 Å². The summed E-state index contributed by atoms with van der Waals surface area (Å²) in [6.45, 7) is 6.30. The minimum absolute atomic E-state index is 0.0428. The van der Waals surface area contributed by atoms with Gasteiger partial charge in [0.2, 0.25) is 5.91 Å². The summed E-state index contributed by atoms with van der Waals surface area (Å²) in [7, 11) is 1.67. The van der Waals surface area contributed by atoms with Crippen molar-refractivity contribution in [2.24, 2.45) is 5.41 Å². The van der Waals surface area contributed by atoms with Gasteiger partial charge < -0.3 is 10.1 Å². The number of thiazole rings is 1. The van der Waals surface area contributed by atoms with Gasteiger partial charge in [-0.3, -0.25) is 4.79 Å². The first-order chi connectivity index (χ1) is 15.4. The van der Waals surface area contributed by atoms with Gasteiger partial charge in [0.1, 0.15) is 5.75 Å². The van der Waals surface area contributed by atoms with Crippen molar-refractivity contribution in [2.45, 2.75) is 58.8 Å². The highest BCUT2D eigenvalue weighted by atomic mass is 32.1. The number of benzene rings is 2. The van der Waals surface area contributed by atoms with Gasteiger partial charge in [0.05, 0.1) is 18.2 Å². The molecule has 2 aromatic carbocycles. The Labute approximate surface area is 195 Å². The second-order valence-electron chi connectivity index (χ2n) is 9.35. The lowest BCUT2D eigenvalue weighted by Crippen LogP contribution is -2.36. The number of aryl methyl sites for hydroxylation is 2. The van der Waals surface area contributed by atoms with Crippen molar-refractivity contribution in [2.75, 3.05) is 12.4 Å². The fourth-order valence-corrected chi connectivity index (χ4v) is 5.38. The molecule has 1 aliphatic rings. The number of nitrogens with one attached hydrogen (secondary N) is 1. The number of aromatic nitrogens is 1. The normalized spacial score (nSPS) is 16.2. The zero-order chi connectivity index (χ0) is 22.7. The van der Waals surface area contributed by atoms with Gasteiger partial charge in [-0.1, -0.05) is 56.2 Å². The van der Waals surface area contributed by atoms with Crippen LogP contribution in [0.25, 0.3) is 0 Å². The highest BCUT2D eigenvalue weighted by Crippen LogP contribution is 2.44.